The largest absolute Gasteiger partial charge is 0.497 e. The van der Waals surface area contributed by atoms with E-state index < -0.39 is 0 Å². The second kappa shape index (κ2) is 9.59. The van der Waals surface area contributed by atoms with Gasteiger partial charge in [-0.2, -0.15) is 0 Å². The van der Waals surface area contributed by atoms with Crippen molar-refractivity contribution in [2.45, 2.75) is 19.1 Å². The molecule has 0 saturated carbocycles. The van der Waals surface area contributed by atoms with Crippen molar-refractivity contribution >= 4 is 45.3 Å². The first-order chi connectivity index (χ1) is 15.5. The molecule has 0 fully saturated rings. The zero-order valence-corrected chi connectivity index (χ0v) is 19.2. The topological polar surface area (TPSA) is 61.2 Å². The van der Waals surface area contributed by atoms with Crippen LogP contribution in [0.1, 0.15) is 27.2 Å². The molecule has 4 rings (SSSR count). The minimum absolute atomic E-state index is 0.0257. The first kappa shape index (κ1) is 22.1. The summed E-state index contributed by atoms with van der Waals surface area (Å²) in [5.41, 5.74) is 3.82. The summed E-state index contributed by atoms with van der Waals surface area (Å²) in [5.74, 6) is 1.05. The van der Waals surface area contributed by atoms with Gasteiger partial charge in [0.15, 0.2) is 5.12 Å². The minimum atomic E-state index is -0.170. The smallest absolute Gasteiger partial charge is 0.262 e. The van der Waals surface area contributed by atoms with Crippen molar-refractivity contribution in [2.75, 3.05) is 7.11 Å². The number of halogens is 1. The van der Waals surface area contributed by atoms with Gasteiger partial charge >= 0.3 is 0 Å². The van der Waals surface area contributed by atoms with Gasteiger partial charge in [-0.3, -0.25) is 19.1 Å². The number of fused-ring (bicyclic) bond motifs is 1. The highest BCUT2D eigenvalue weighted by atomic mass is 35.5. The Bertz CT molecular complexity index is 1280. The molecule has 0 saturated heterocycles. The number of methoxy groups -OCH3 is 1. The number of benzene rings is 2. The molecule has 2 aromatic heterocycles. The van der Waals surface area contributed by atoms with Crippen molar-refractivity contribution in [1.29, 1.82) is 0 Å². The molecule has 162 valence electrons. The van der Waals surface area contributed by atoms with Crippen molar-refractivity contribution in [3.63, 3.8) is 0 Å². The Morgan fingerprint density at radius 2 is 1.91 bits per heavy atom. The maximum atomic E-state index is 13.3. The number of ether oxygens (including phenoxy) is 1. The highest BCUT2D eigenvalue weighted by molar-refractivity contribution is 8.12. The van der Waals surface area contributed by atoms with E-state index in [1.807, 2.05) is 37.3 Å². The molecular weight excluding hydrogens is 444 g/mol. The summed E-state index contributed by atoms with van der Waals surface area (Å²) in [4.78, 5) is 30.3. The van der Waals surface area contributed by atoms with Gasteiger partial charge in [-0.1, -0.05) is 29.4 Å². The molecule has 4 aromatic rings. The van der Waals surface area contributed by atoms with E-state index in [9.17, 15) is 9.59 Å². The third-order valence-electron chi connectivity index (χ3n) is 5.28. The number of nitrogens with zero attached hydrogens (tertiary/aromatic N) is 2. The number of aromatic nitrogens is 2. The molecule has 0 radical (unpaired) electrons. The van der Waals surface area contributed by atoms with E-state index in [4.69, 9.17) is 16.3 Å². The van der Waals surface area contributed by atoms with Gasteiger partial charge in [-0.05, 0) is 66.6 Å². The van der Waals surface area contributed by atoms with Gasteiger partial charge in [0, 0.05) is 46.2 Å². The van der Waals surface area contributed by atoms with Crippen LogP contribution in [-0.2, 0) is 17.0 Å². The highest BCUT2D eigenvalue weighted by Crippen LogP contribution is 2.32. The van der Waals surface area contributed by atoms with E-state index in [0.29, 0.717) is 22.1 Å². The molecule has 0 atom stereocenters. The lowest BCUT2D eigenvalue weighted by Gasteiger charge is -2.08. The van der Waals surface area contributed by atoms with Crippen LogP contribution in [0.5, 0.6) is 5.75 Å². The van der Waals surface area contributed by atoms with E-state index >= 15 is 0 Å². The molecule has 2 aromatic carbocycles. The third-order valence-corrected chi connectivity index (χ3v) is 6.48. The Morgan fingerprint density at radius 1 is 1.12 bits per heavy atom. The van der Waals surface area contributed by atoms with Crippen LogP contribution in [0, 0.1) is 6.92 Å². The standard InChI is InChI=1S/C25H21ClN2O3S/c1-16-21(13-24(29)32-15-17-4-3-11-27-14-17)22-12-20(31-2)9-10-23(22)28(16)25(30)18-5-7-19(26)8-6-18/h3-12,14H,13,15H2,1-2H3. The molecule has 7 heteroatoms. The van der Waals surface area contributed by atoms with Crippen LogP contribution in [0.4, 0.5) is 0 Å². The van der Waals surface area contributed by atoms with Crippen molar-refractivity contribution in [1.82, 2.24) is 9.55 Å². The first-order valence-corrected chi connectivity index (χ1v) is 11.4. The van der Waals surface area contributed by atoms with Crippen molar-refractivity contribution in [3.05, 3.63) is 94.4 Å². The summed E-state index contributed by atoms with van der Waals surface area (Å²) in [6.07, 6.45) is 3.67. The number of thioether (sulfide) groups is 1. The number of hydrogen-bond acceptors (Lipinski definition) is 5. The van der Waals surface area contributed by atoms with Crippen LogP contribution < -0.4 is 4.74 Å². The molecule has 0 N–H and O–H groups in total. The molecule has 0 aliphatic rings. The van der Waals surface area contributed by atoms with E-state index in [1.165, 1.54) is 11.8 Å². The van der Waals surface area contributed by atoms with Crippen molar-refractivity contribution in [3.8, 4) is 5.75 Å². The molecule has 0 unspecified atom stereocenters. The third kappa shape index (κ3) is 4.56. The molecular formula is C25H21ClN2O3S. The van der Waals surface area contributed by atoms with E-state index in [2.05, 4.69) is 4.98 Å². The van der Waals surface area contributed by atoms with Crippen LogP contribution in [0.25, 0.3) is 10.9 Å². The summed E-state index contributed by atoms with van der Waals surface area (Å²) in [6, 6.07) is 16.1. The van der Waals surface area contributed by atoms with Gasteiger partial charge in [-0.25, -0.2) is 0 Å². The molecule has 32 heavy (non-hydrogen) atoms. The Labute approximate surface area is 195 Å². The van der Waals surface area contributed by atoms with Crippen LogP contribution >= 0.6 is 23.4 Å². The lowest BCUT2D eigenvalue weighted by molar-refractivity contribution is -0.110. The Hall–Kier alpha value is -3.09. The fourth-order valence-electron chi connectivity index (χ4n) is 3.64. The normalized spacial score (nSPS) is 11.0. The molecule has 0 spiro atoms. The van der Waals surface area contributed by atoms with E-state index in [0.717, 1.165) is 27.7 Å². The van der Waals surface area contributed by atoms with Gasteiger partial charge in [0.1, 0.15) is 5.75 Å². The lowest BCUT2D eigenvalue weighted by atomic mass is 10.1. The minimum Gasteiger partial charge on any atom is -0.497 e. The molecule has 0 bridgehead atoms. The van der Waals surface area contributed by atoms with Gasteiger partial charge in [-0.15, -0.1) is 0 Å². The first-order valence-electron chi connectivity index (χ1n) is 10.0. The summed E-state index contributed by atoms with van der Waals surface area (Å²) in [7, 11) is 1.60. The van der Waals surface area contributed by atoms with Crippen LogP contribution in [0.2, 0.25) is 5.02 Å². The summed E-state index contributed by atoms with van der Waals surface area (Å²) in [5, 5.41) is 1.43. The average Bonchev–Trinajstić information content (AvgIpc) is 3.08. The summed E-state index contributed by atoms with van der Waals surface area (Å²) in [6.45, 7) is 1.87. The SMILES string of the molecule is COc1ccc2c(c1)c(CC(=O)SCc1cccnc1)c(C)n2C(=O)c1ccc(Cl)cc1. The number of rotatable bonds is 6. The van der Waals surface area contributed by atoms with Gasteiger partial charge < -0.3 is 4.74 Å². The molecule has 0 aliphatic carbocycles. The molecule has 2 heterocycles. The maximum absolute atomic E-state index is 13.3. The number of carbonyl (C=O) groups is 2. The Morgan fingerprint density at radius 3 is 2.59 bits per heavy atom. The number of hydrogen-bond donors (Lipinski definition) is 0. The van der Waals surface area contributed by atoms with E-state index in [1.54, 1.807) is 48.3 Å². The molecule has 5 nitrogen and oxygen atoms in total. The fraction of sp³-hybridized carbons (Fsp3) is 0.160. The second-order valence-corrected chi connectivity index (χ2v) is 8.76. The molecule has 0 amide bonds. The number of pyridine rings is 1. The zero-order chi connectivity index (χ0) is 22.7. The zero-order valence-electron chi connectivity index (χ0n) is 17.7. The van der Waals surface area contributed by atoms with Gasteiger partial charge in [0.25, 0.3) is 5.91 Å². The maximum Gasteiger partial charge on any atom is 0.262 e. The van der Waals surface area contributed by atoms with Crippen LogP contribution in [0.15, 0.2) is 67.0 Å². The van der Waals surface area contributed by atoms with Crippen LogP contribution in [-0.4, -0.2) is 27.7 Å². The van der Waals surface area contributed by atoms with Crippen LogP contribution in [0.3, 0.4) is 0 Å². The predicted molar refractivity (Wildman–Crippen MR) is 129 cm³/mol. The monoisotopic (exact) mass is 464 g/mol. The fourth-order valence-corrected chi connectivity index (χ4v) is 4.51. The highest BCUT2D eigenvalue weighted by Gasteiger charge is 2.22. The average molecular weight is 465 g/mol. The van der Waals surface area contributed by atoms with Gasteiger partial charge in [0.05, 0.1) is 12.6 Å². The summed E-state index contributed by atoms with van der Waals surface area (Å²) >= 11 is 7.23. The number of carbonyl (C=O) groups excluding carboxylic acids is 2. The van der Waals surface area contributed by atoms with Crippen molar-refractivity contribution in [2.24, 2.45) is 0 Å². The van der Waals surface area contributed by atoms with Crippen molar-refractivity contribution < 1.29 is 14.3 Å². The van der Waals surface area contributed by atoms with E-state index in [-0.39, 0.29) is 17.4 Å². The lowest BCUT2D eigenvalue weighted by Crippen LogP contribution is -2.14. The Kier molecular flexibility index (Phi) is 6.63. The summed E-state index contributed by atoms with van der Waals surface area (Å²) < 4.78 is 7.05. The second-order valence-electron chi connectivity index (χ2n) is 7.29. The molecule has 0 aliphatic heterocycles. The predicted octanol–water partition coefficient (Wildman–Crippen LogP) is 5.70. The Balaban J connectivity index is 1.69. The van der Waals surface area contributed by atoms with Gasteiger partial charge in [0.2, 0.25) is 0 Å². The quantitative estimate of drug-likeness (QED) is 0.366.